The number of halogens is 2. The summed E-state index contributed by atoms with van der Waals surface area (Å²) in [4.78, 5) is 15.6. The minimum atomic E-state index is -0.206. The van der Waals surface area contributed by atoms with E-state index in [2.05, 4.69) is 20.8 Å². The van der Waals surface area contributed by atoms with Gasteiger partial charge in [0.25, 0.3) is 0 Å². The molecule has 1 amide bonds. The van der Waals surface area contributed by atoms with Crippen LogP contribution in [0.2, 0.25) is 10.0 Å². The summed E-state index contributed by atoms with van der Waals surface area (Å²) in [6.45, 7) is 0.904. The van der Waals surface area contributed by atoms with Crippen LogP contribution in [0.1, 0.15) is 0 Å². The van der Waals surface area contributed by atoms with Crippen LogP contribution in [0.4, 0.5) is 6.01 Å². The summed E-state index contributed by atoms with van der Waals surface area (Å²) in [5.41, 5.74) is 0.624. The van der Waals surface area contributed by atoms with Crippen LogP contribution in [0.25, 0.3) is 11.4 Å². The summed E-state index contributed by atoms with van der Waals surface area (Å²) in [5, 5.41) is 10.1. The van der Waals surface area contributed by atoms with E-state index in [9.17, 15) is 4.79 Å². The lowest BCUT2D eigenvalue weighted by atomic mass is 10.2. The summed E-state index contributed by atoms with van der Waals surface area (Å²) >= 11 is 11.8. The van der Waals surface area contributed by atoms with Crippen molar-refractivity contribution >= 4 is 35.1 Å². The molecule has 0 unspecified atom stereocenters. The molecule has 1 heterocycles. The van der Waals surface area contributed by atoms with Gasteiger partial charge in [0, 0.05) is 29.3 Å². The highest BCUT2D eigenvalue weighted by atomic mass is 35.5. The number of anilines is 1. The van der Waals surface area contributed by atoms with Crippen LogP contribution in [-0.2, 0) is 9.53 Å². The van der Waals surface area contributed by atoms with Gasteiger partial charge in [-0.15, -0.1) is 0 Å². The van der Waals surface area contributed by atoms with Gasteiger partial charge in [0.05, 0.1) is 13.2 Å². The highest BCUT2D eigenvalue weighted by Crippen LogP contribution is 2.25. The van der Waals surface area contributed by atoms with Gasteiger partial charge in [-0.1, -0.05) is 28.4 Å². The van der Waals surface area contributed by atoms with Crippen molar-refractivity contribution in [1.82, 2.24) is 15.5 Å². The number of hydrogen-bond acceptors (Lipinski definition) is 6. The molecule has 2 N–H and O–H groups in total. The Balaban J connectivity index is 1.92. The Morgan fingerprint density at radius 1 is 1.32 bits per heavy atom. The molecule has 9 heteroatoms. The summed E-state index contributed by atoms with van der Waals surface area (Å²) in [5.74, 6) is 0.120. The lowest BCUT2D eigenvalue weighted by Crippen LogP contribution is -2.32. The van der Waals surface area contributed by atoms with E-state index in [4.69, 9.17) is 32.5 Å². The molecule has 1 aromatic carbocycles. The van der Waals surface area contributed by atoms with Crippen molar-refractivity contribution in [3.63, 3.8) is 0 Å². The van der Waals surface area contributed by atoms with E-state index in [0.29, 0.717) is 34.6 Å². The maximum atomic E-state index is 11.5. The second kappa shape index (κ2) is 7.98. The number of ether oxygens (including phenoxy) is 1. The molecule has 0 fully saturated rings. The van der Waals surface area contributed by atoms with Crippen LogP contribution < -0.4 is 10.6 Å². The molecular formula is C13H14Cl2N4O3. The Morgan fingerprint density at radius 2 is 2.05 bits per heavy atom. The van der Waals surface area contributed by atoms with Gasteiger partial charge >= 0.3 is 6.01 Å². The zero-order valence-corrected chi connectivity index (χ0v) is 13.2. The van der Waals surface area contributed by atoms with Crippen LogP contribution >= 0.6 is 23.2 Å². The third-order valence-electron chi connectivity index (χ3n) is 2.58. The average Bonchev–Trinajstić information content (AvgIpc) is 2.93. The van der Waals surface area contributed by atoms with Crippen LogP contribution in [0, 0.1) is 0 Å². The Hall–Kier alpha value is -1.83. The first-order valence-electron chi connectivity index (χ1n) is 6.38. The Bertz CT molecular complexity index is 628. The van der Waals surface area contributed by atoms with Gasteiger partial charge < -0.3 is 19.9 Å². The molecule has 7 nitrogen and oxygen atoms in total. The topological polar surface area (TPSA) is 89.3 Å². The lowest BCUT2D eigenvalue weighted by Gasteiger charge is -2.03. The number of benzene rings is 1. The molecule has 2 aromatic rings. The van der Waals surface area contributed by atoms with Crippen LogP contribution in [0.5, 0.6) is 0 Å². The molecule has 118 valence electrons. The van der Waals surface area contributed by atoms with Gasteiger partial charge in [-0.2, -0.15) is 4.98 Å². The molecule has 2 rings (SSSR count). The standard InChI is InChI=1S/C13H14Cl2N4O3/c1-21-3-2-16-11(20)7-17-13-18-12(19-22-13)8-4-9(14)6-10(15)5-8/h4-6H,2-3,7H2,1H3,(H,16,20)(H,17,18,19). The Labute approximate surface area is 136 Å². The average molecular weight is 345 g/mol. The molecule has 0 saturated carbocycles. The van der Waals surface area contributed by atoms with Crippen molar-refractivity contribution < 1.29 is 14.1 Å². The van der Waals surface area contributed by atoms with Crippen molar-refractivity contribution in [3.05, 3.63) is 28.2 Å². The van der Waals surface area contributed by atoms with Crippen molar-refractivity contribution in [3.8, 4) is 11.4 Å². The molecule has 0 aliphatic carbocycles. The third-order valence-corrected chi connectivity index (χ3v) is 3.01. The summed E-state index contributed by atoms with van der Waals surface area (Å²) < 4.78 is 9.84. The van der Waals surface area contributed by atoms with Crippen LogP contribution in [0.3, 0.4) is 0 Å². The minimum Gasteiger partial charge on any atom is -0.383 e. The second-order valence-corrected chi connectivity index (χ2v) is 5.15. The number of carbonyl (C=O) groups excluding carboxylic acids is 1. The number of aromatic nitrogens is 2. The predicted molar refractivity (Wildman–Crippen MR) is 83.1 cm³/mol. The Kier molecular flexibility index (Phi) is 6.00. The maximum Gasteiger partial charge on any atom is 0.322 e. The fraction of sp³-hybridized carbons (Fsp3) is 0.308. The summed E-state index contributed by atoms with van der Waals surface area (Å²) in [7, 11) is 1.56. The molecule has 0 bridgehead atoms. The molecule has 0 radical (unpaired) electrons. The summed E-state index contributed by atoms with van der Waals surface area (Å²) in [6.07, 6.45) is 0. The number of hydrogen-bond donors (Lipinski definition) is 2. The first kappa shape index (κ1) is 16.5. The molecular weight excluding hydrogens is 331 g/mol. The molecule has 0 spiro atoms. The van der Waals surface area contributed by atoms with Crippen molar-refractivity contribution in [2.24, 2.45) is 0 Å². The van der Waals surface area contributed by atoms with E-state index in [-0.39, 0.29) is 18.5 Å². The van der Waals surface area contributed by atoms with Crippen molar-refractivity contribution in [1.29, 1.82) is 0 Å². The van der Waals surface area contributed by atoms with Gasteiger partial charge in [-0.25, -0.2) is 0 Å². The molecule has 1 aromatic heterocycles. The van der Waals surface area contributed by atoms with E-state index in [1.807, 2.05) is 0 Å². The van der Waals surface area contributed by atoms with Gasteiger partial charge in [0.1, 0.15) is 0 Å². The number of amides is 1. The number of nitrogens with one attached hydrogen (secondary N) is 2. The van der Waals surface area contributed by atoms with Gasteiger partial charge in [0.15, 0.2) is 0 Å². The Morgan fingerprint density at radius 3 is 2.73 bits per heavy atom. The van der Waals surface area contributed by atoms with Crippen molar-refractivity contribution in [2.45, 2.75) is 0 Å². The highest BCUT2D eigenvalue weighted by Gasteiger charge is 2.11. The third kappa shape index (κ3) is 4.87. The minimum absolute atomic E-state index is 0.0155. The van der Waals surface area contributed by atoms with Gasteiger partial charge in [-0.3, -0.25) is 4.79 Å². The SMILES string of the molecule is COCCNC(=O)CNc1nc(-c2cc(Cl)cc(Cl)c2)no1. The van der Waals surface area contributed by atoms with E-state index in [1.54, 1.807) is 25.3 Å². The van der Waals surface area contributed by atoms with E-state index in [1.165, 1.54) is 0 Å². The monoisotopic (exact) mass is 344 g/mol. The fourth-order valence-corrected chi connectivity index (χ4v) is 2.13. The van der Waals surface area contributed by atoms with E-state index >= 15 is 0 Å². The first-order valence-corrected chi connectivity index (χ1v) is 7.14. The van der Waals surface area contributed by atoms with Gasteiger partial charge in [-0.05, 0) is 18.2 Å². The van der Waals surface area contributed by atoms with Crippen LogP contribution in [-0.4, -0.2) is 42.9 Å². The largest absolute Gasteiger partial charge is 0.383 e. The number of methoxy groups -OCH3 is 1. The smallest absolute Gasteiger partial charge is 0.322 e. The fourth-order valence-electron chi connectivity index (χ4n) is 1.61. The molecule has 0 aliphatic heterocycles. The quantitative estimate of drug-likeness (QED) is 0.748. The molecule has 22 heavy (non-hydrogen) atoms. The van der Waals surface area contributed by atoms with E-state index < -0.39 is 0 Å². The number of nitrogens with zero attached hydrogens (tertiary/aromatic N) is 2. The first-order chi connectivity index (χ1) is 10.6. The number of rotatable bonds is 7. The zero-order chi connectivity index (χ0) is 15.9. The van der Waals surface area contributed by atoms with E-state index in [0.717, 1.165) is 0 Å². The highest BCUT2D eigenvalue weighted by molar-refractivity contribution is 6.35. The lowest BCUT2D eigenvalue weighted by molar-refractivity contribution is -0.119. The number of carbonyl (C=O) groups is 1. The summed E-state index contributed by atoms with van der Waals surface area (Å²) in [6, 6.07) is 5.07. The second-order valence-electron chi connectivity index (χ2n) is 4.28. The van der Waals surface area contributed by atoms with Crippen molar-refractivity contribution in [2.75, 3.05) is 32.1 Å². The molecule has 0 atom stereocenters. The predicted octanol–water partition coefficient (Wildman–Crippen LogP) is 2.22. The molecule has 0 saturated heterocycles. The maximum absolute atomic E-state index is 11.5. The van der Waals surface area contributed by atoms with Gasteiger partial charge in [0.2, 0.25) is 11.7 Å². The normalized spacial score (nSPS) is 10.5. The zero-order valence-electron chi connectivity index (χ0n) is 11.7. The van der Waals surface area contributed by atoms with Crippen LogP contribution in [0.15, 0.2) is 22.7 Å². The molecule has 0 aliphatic rings.